The van der Waals surface area contributed by atoms with E-state index in [1.54, 1.807) is 11.8 Å². The third-order valence-corrected chi connectivity index (χ3v) is 4.70. The molecule has 7 nitrogen and oxygen atoms in total. The summed E-state index contributed by atoms with van der Waals surface area (Å²) in [4.78, 5) is 35.6. The van der Waals surface area contributed by atoms with Crippen molar-refractivity contribution in [3.8, 4) is 0 Å². The van der Waals surface area contributed by atoms with Gasteiger partial charge in [-0.1, -0.05) is 30.3 Å². The molecule has 0 radical (unpaired) electrons. The molecular formula is C18H24N4O3S. The first-order valence-electron chi connectivity index (χ1n) is 8.52. The molecule has 1 aromatic carbocycles. The van der Waals surface area contributed by atoms with Gasteiger partial charge in [-0.15, -0.1) is 0 Å². The third kappa shape index (κ3) is 5.87. The lowest BCUT2D eigenvalue weighted by molar-refractivity contribution is -0.133. The van der Waals surface area contributed by atoms with Crippen LogP contribution in [0.4, 0.5) is 0 Å². The molecule has 1 atom stereocenters. The van der Waals surface area contributed by atoms with Crippen molar-refractivity contribution in [3.05, 3.63) is 35.9 Å². The molecule has 1 aliphatic heterocycles. The molecule has 0 aliphatic carbocycles. The Morgan fingerprint density at radius 1 is 1.27 bits per heavy atom. The molecule has 1 aromatic rings. The number of hydrazone groups is 1. The Kier molecular flexibility index (Phi) is 7.65. The van der Waals surface area contributed by atoms with Gasteiger partial charge in [0.15, 0.2) is 0 Å². The van der Waals surface area contributed by atoms with Gasteiger partial charge in [-0.25, -0.2) is 5.01 Å². The third-order valence-electron chi connectivity index (χ3n) is 4.05. The molecule has 1 heterocycles. The van der Waals surface area contributed by atoms with Gasteiger partial charge in [0.2, 0.25) is 17.7 Å². The molecule has 0 aromatic heterocycles. The maximum Gasteiger partial charge on any atom is 0.243 e. The number of benzene rings is 1. The molecule has 0 bridgehead atoms. The van der Waals surface area contributed by atoms with Crippen LogP contribution in [0, 0.1) is 0 Å². The van der Waals surface area contributed by atoms with Crippen molar-refractivity contribution < 1.29 is 14.4 Å². The Balaban J connectivity index is 1.82. The fourth-order valence-corrected chi connectivity index (χ4v) is 3.08. The quantitative estimate of drug-likeness (QED) is 0.674. The Morgan fingerprint density at radius 2 is 2.00 bits per heavy atom. The number of nitrogens with zero attached hydrogens (tertiary/aromatic N) is 2. The van der Waals surface area contributed by atoms with Crippen LogP contribution in [0.15, 0.2) is 35.4 Å². The van der Waals surface area contributed by atoms with Crippen LogP contribution in [-0.4, -0.2) is 53.0 Å². The van der Waals surface area contributed by atoms with E-state index in [1.165, 1.54) is 5.01 Å². The van der Waals surface area contributed by atoms with E-state index in [4.69, 9.17) is 5.73 Å². The van der Waals surface area contributed by atoms with Crippen LogP contribution >= 0.6 is 11.8 Å². The first-order chi connectivity index (χ1) is 12.5. The van der Waals surface area contributed by atoms with Crippen molar-refractivity contribution in [2.45, 2.75) is 31.7 Å². The number of thioether (sulfide) groups is 1. The lowest BCUT2D eigenvalue weighted by Crippen LogP contribution is -2.45. The molecule has 0 saturated heterocycles. The number of rotatable bonds is 9. The Morgan fingerprint density at radius 3 is 2.65 bits per heavy atom. The zero-order valence-electron chi connectivity index (χ0n) is 14.8. The highest BCUT2D eigenvalue weighted by Crippen LogP contribution is 2.15. The summed E-state index contributed by atoms with van der Waals surface area (Å²) in [5.74, 6) is -0.395. The number of primary amides is 1. The second kappa shape index (κ2) is 9.96. The molecule has 0 fully saturated rings. The van der Waals surface area contributed by atoms with Gasteiger partial charge in [0.25, 0.3) is 0 Å². The lowest BCUT2D eigenvalue weighted by Gasteiger charge is -2.15. The predicted molar refractivity (Wildman–Crippen MR) is 103 cm³/mol. The van der Waals surface area contributed by atoms with E-state index in [0.29, 0.717) is 19.4 Å². The number of nitrogens with one attached hydrogen (secondary N) is 1. The van der Waals surface area contributed by atoms with Gasteiger partial charge in [-0.05, 0) is 24.0 Å². The van der Waals surface area contributed by atoms with Crippen LogP contribution in [0.2, 0.25) is 0 Å². The smallest absolute Gasteiger partial charge is 0.243 e. The number of hydrogen-bond acceptors (Lipinski definition) is 5. The van der Waals surface area contributed by atoms with Crippen LogP contribution in [0.25, 0.3) is 0 Å². The highest BCUT2D eigenvalue weighted by atomic mass is 32.2. The summed E-state index contributed by atoms with van der Waals surface area (Å²) in [5, 5.41) is 8.37. The number of carbonyl (C=O) groups excluding carboxylic acids is 3. The van der Waals surface area contributed by atoms with E-state index in [9.17, 15) is 14.4 Å². The molecule has 2 rings (SSSR count). The summed E-state index contributed by atoms with van der Waals surface area (Å²) in [6.07, 6.45) is 3.15. The van der Waals surface area contributed by atoms with Crippen LogP contribution in [0.3, 0.4) is 0 Å². The van der Waals surface area contributed by atoms with E-state index in [1.807, 2.05) is 36.6 Å². The second-order valence-electron chi connectivity index (χ2n) is 5.98. The van der Waals surface area contributed by atoms with Crippen molar-refractivity contribution in [2.75, 3.05) is 18.6 Å². The zero-order chi connectivity index (χ0) is 18.9. The molecule has 3 amide bonds. The van der Waals surface area contributed by atoms with Crippen molar-refractivity contribution in [2.24, 2.45) is 10.8 Å². The summed E-state index contributed by atoms with van der Waals surface area (Å²) in [7, 11) is 0. The van der Waals surface area contributed by atoms with E-state index < -0.39 is 11.9 Å². The van der Waals surface area contributed by atoms with E-state index in [0.717, 1.165) is 17.0 Å². The molecule has 26 heavy (non-hydrogen) atoms. The maximum atomic E-state index is 12.3. The van der Waals surface area contributed by atoms with Gasteiger partial charge in [0, 0.05) is 19.3 Å². The number of nitrogens with two attached hydrogens (primary N) is 1. The first kappa shape index (κ1) is 20.0. The maximum absolute atomic E-state index is 12.3. The zero-order valence-corrected chi connectivity index (χ0v) is 15.6. The summed E-state index contributed by atoms with van der Waals surface area (Å²) >= 11 is 1.57. The lowest BCUT2D eigenvalue weighted by atomic mass is 10.1. The molecular weight excluding hydrogens is 352 g/mol. The fourth-order valence-electron chi connectivity index (χ4n) is 2.61. The summed E-state index contributed by atoms with van der Waals surface area (Å²) in [6.45, 7) is 0.516. The molecule has 1 aliphatic rings. The van der Waals surface area contributed by atoms with Gasteiger partial charge in [0.1, 0.15) is 6.04 Å². The standard InChI is InChI=1S/C18H24N4O3S/c1-26-12-10-15(18(19)25)20-16(23)7-8-17(24)22-11-9-14(21-22)13-5-3-2-4-6-13/h2-6,15H,7-12H2,1H3,(H2,19,25)(H,20,23)/t15-/m0/s1. The Labute approximate surface area is 157 Å². The van der Waals surface area contributed by atoms with Crippen LogP contribution in [0.5, 0.6) is 0 Å². The average Bonchev–Trinajstić information content (AvgIpc) is 3.14. The number of amides is 3. The SMILES string of the molecule is CSCC[C@H](NC(=O)CCC(=O)N1CCC(c2ccccc2)=N1)C(N)=O. The van der Waals surface area contributed by atoms with Crippen LogP contribution in [0.1, 0.15) is 31.2 Å². The fraction of sp³-hybridized carbons (Fsp3) is 0.444. The minimum Gasteiger partial charge on any atom is -0.368 e. The summed E-state index contributed by atoms with van der Waals surface area (Å²) in [6, 6.07) is 9.01. The van der Waals surface area contributed by atoms with E-state index in [2.05, 4.69) is 10.4 Å². The van der Waals surface area contributed by atoms with Crippen LogP contribution in [-0.2, 0) is 14.4 Å². The van der Waals surface area contributed by atoms with E-state index >= 15 is 0 Å². The topological polar surface area (TPSA) is 105 Å². The monoisotopic (exact) mass is 376 g/mol. The van der Waals surface area contributed by atoms with Gasteiger partial charge in [0.05, 0.1) is 12.3 Å². The van der Waals surface area contributed by atoms with Gasteiger partial charge >= 0.3 is 0 Å². The second-order valence-corrected chi connectivity index (χ2v) is 6.97. The van der Waals surface area contributed by atoms with Crippen molar-refractivity contribution in [3.63, 3.8) is 0 Å². The largest absolute Gasteiger partial charge is 0.368 e. The molecule has 3 N–H and O–H groups in total. The molecule has 0 unspecified atom stereocenters. The average molecular weight is 376 g/mol. The minimum atomic E-state index is -0.695. The molecule has 140 valence electrons. The normalized spacial score (nSPS) is 14.7. The van der Waals surface area contributed by atoms with E-state index in [-0.39, 0.29) is 24.7 Å². The van der Waals surface area contributed by atoms with Crippen LogP contribution < -0.4 is 11.1 Å². The highest BCUT2D eigenvalue weighted by molar-refractivity contribution is 7.98. The highest BCUT2D eigenvalue weighted by Gasteiger charge is 2.23. The number of hydrogen-bond donors (Lipinski definition) is 2. The van der Waals surface area contributed by atoms with Gasteiger partial charge < -0.3 is 11.1 Å². The van der Waals surface area contributed by atoms with Crippen molar-refractivity contribution >= 4 is 35.2 Å². The molecule has 0 saturated carbocycles. The molecule has 0 spiro atoms. The number of carbonyl (C=O) groups is 3. The van der Waals surface area contributed by atoms with Crippen molar-refractivity contribution in [1.82, 2.24) is 10.3 Å². The van der Waals surface area contributed by atoms with Gasteiger partial charge in [-0.2, -0.15) is 16.9 Å². The molecule has 8 heteroatoms. The summed E-state index contributed by atoms with van der Waals surface area (Å²) in [5.41, 5.74) is 7.16. The first-order valence-corrected chi connectivity index (χ1v) is 9.91. The Bertz CT molecular complexity index is 678. The minimum absolute atomic E-state index is 0.00850. The summed E-state index contributed by atoms with van der Waals surface area (Å²) < 4.78 is 0. The van der Waals surface area contributed by atoms with Crippen molar-refractivity contribution in [1.29, 1.82) is 0 Å². The van der Waals surface area contributed by atoms with Gasteiger partial charge in [-0.3, -0.25) is 14.4 Å². The predicted octanol–water partition coefficient (Wildman–Crippen LogP) is 1.13. The Hall–Kier alpha value is -2.35.